The third-order valence-corrected chi connectivity index (χ3v) is 6.44. The standard InChI is InChI=1S/C6H11.CH3.BrH.Zn/c1-2-4-6-5-3-1;;;/h1H,2-6H2;1H3;1H;. The van der Waals surface area contributed by atoms with E-state index in [1.165, 1.54) is 10.9 Å². The van der Waals surface area contributed by atoms with Gasteiger partial charge < -0.3 is 0 Å². The molecule has 0 atom stereocenters. The molecule has 0 heterocycles. The molecule has 1 saturated carbocycles. The van der Waals surface area contributed by atoms with Gasteiger partial charge in [-0.1, -0.05) is 0 Å². The fourth-order valence-electron chi connectivity index (χ4n) is 1.60. The molecule has 0 aliphatic heterocycles. The van der Waals surface area contributed by atoms with Crippen molar-refractivity contribution >= 4 is 17.0 Å². The summed E-state index contributed by atoms with van der Waals surface area (Å²) in [4.78, 5) is 0. The van der Waals surface area contributed by atoms with Crippen LogP contribution in [0.15, 0.2) is 0 Å². The maximum absolute atomic E-state index is 2.50. The molecule has 0 spiro atoms. The van der Waals surface area contributed by atoms with Crippen molar-refractivity contribution in [3.63, 3.8) is 0 Å². The summed E-state index contributed by atoms with van der Waals surface area (Å²) < 4.78 is 1.27. The van der Waals surface area contributed by atoms with Crippen LogP contribution in [0.3, 0.4) is 0 Å². The van der Waals surface area contributed by atoms with Gasteiger partial charge in [0, 0.05) is 0 Å². The Balaban J connectivity index is 0.000000640. The second-order valence-electron chi connectivity index (χ2n) is 2.91. The molecule has 0 aromatic carbocycles. The number of halogens is 1. The molecule has 0 aromatic rings. The van der Waals surface area contributed by atoms with Gasteiger partial charge in [-0.25, -0.2) is 0 Å². The summed E-state index contributed by atoms with van der Waals surface area (Å²) in [6, 6.07) is 0. The summed E-state index contributed by atoms with van der Waals surface area (Å²) in [6.45, 7) is 0. The predicted molar refractivity (Wildman–Crippen MR) is 43.0 cm³/mol. The molecule has 2 heteroatoms. The molecule has 1 aliphatic rings. The van der Waals surface area contributed by atoms with Gasteiger partial charge in [-0.15, -0.1) is 17.0 Å². The van der Waals surface area contributed by atoms with Gasteiger partial charge >= 0.3 is 59.3 Å². The summed E-state index contributed by atoms with van der Waals surface area (Å²) >= 11 is 0.00125. The molecular weight excluding hydrogens is 229 g/mol. The topological polar surface area (TPSA) is 0 Å². The van der Waals surface area contributed by atoms with Crippen molar-refractivity contribution in [3.05, 3.63) is 0 Å². The van der Waals surface area contributed by atoms with Crippen molar-refractivity contribution in [1.29, 1.82) is 0 Å². The van der Waals surface area contributed by atoms with E-state index in [9.17, 15) is 0 Å². The van der Waals surface area contributed by atoms with Crippen LogP contribution in [0.5, 0.6) is 0 Å². The molecule has 1 aliphatic carbocycles. The van der Waals surface area contributed by atoms with E-state index in [1.807, 2.05) is 0 Å². The van der Waals surface area contributed by atoms with E-state index in [-0.39, 0.29) is 34.1 Å². The molecule has 0 saturated heterocycles. The van der Waals surface area contributed by atoms with Crippen molar-refractivity contribution < 1.29 is 17.1 Å². The Labute approximate surface area is 76.2 Å². The second kappa shape index (κ2) is 5.86. The van der Waals surface area contributed by atoms with E-state index < -0.39 is 0 Å². The van der Waals surface area contributed by atoms with Crippen LogP contribution in [-0.2, 0) is 17.1 Å². The SMILES string of the molecule is Br.[CH3][Zn][CH]1CCCCC1. The van der Waals surface area contributed by atoms with E-state index in [1.54, 1.807) is 25.7 Å². The molecule has 9 heavy (non-hydrogen) atoms. The number of hydrogen-bond donors (Lipinski definition) is 0. The molecule has 0 N–H and O–H groups in total. The zero-order chi connectivity index (χ0) is 5.82. The van der Waals surface area contributed by atoms with Gasteiger partial charge in [0.05, 0.1) is 0 Å². The van der Waals surface area contributed by atoms with Crippen LogP contribution in [0, 0.1) is 0 Å². The maximum atomic E-state index is 2.50. The number of hydrogen-bond acceptors (Lipinski definition) is 0. The van der Waals surface area contributed by atoms with Gasteiger partial charge in [0.1, 0.15) is 0 Å². The third kappa shape index (κ3) is 3.73. The first kappa shape index (κ1) is 10.1. The molecule has 0 aromatic heterocycles. The molecule has 0 nitrogen and oxygen atoms in total. The third-order valence-electron chi connectivity index (χ3n) is 2.30. The van der Waals surface area contributed by atoms with Crippen molar-refractivity contribution in [2.24, 2.45) is 0 Å². The quantitative estimate of drug-likeness (QED) is 0.620. The monoisotopic (exact) mass is 242 g/mol. The Kier molecular flexibility index (Phi) is 6.57. The van der Waals surface area contributed by atoms with Crippen LogP contribution in [0.1, 0.15) is 32.1 Å². The first-order valence-electron chi connectivity index (χ1n) is 3.93. The Bertz CT molecular complexity index is 59.9. The fourth-order valence-corrected chi connectivity index (χ4v) is 4.52. The summed E-state index contributed by atoms with van der Waals surface area (Å²) in [5.41, 5.74) is 2.50. The molecule has 0 radical (unpaired) electrons. The van der Waals surface area contributed by atoms with E-state index in [2.05, 4.69) is 5.52 Å². The van der Waals surface area contributed by atoms with E-state index in [0.717, 1.165) is 0 Å². The van der Waals surface area contributed by atoms with Crippen molar-refractivity contribution in [1.82, 2.24) is 0 Å². The molecule has 1 rings (SSSR count). The average molecular weight is 244 g/mol. The fraction of sp³-hybridized carbons (Fsp3) is 1.00. The van der Waals surface area contributed by atoms with Crippen LogP contribution in [0.25, 0.3) is 0 Å². The molecule has 52 valence electrons. The minimum atomic E-state index is 0. The predicted octanol–water partition coefficient (Wildman–Crippen LogP) is 3.45. The molecule has 0 bridgehead atoms. The zero-order valence-electron chi connectivity index (χ0n) is 6.23. The van der Waals surface area contributed by atoms with Gasteiger partial charge in [-0.2, -0.15) is 0 Å². The Morgan fingerprint density at radius 2 is 1.67 bits per heavy atom. The van der Waals surface area contributed by atoms with Gasteiger partial charge in [0.25, 0.3) is 0 Å². The van der Waals surface area contributed by atoms with Crippen molar-refractivity contribution in [3.8, 4) is 0 Å². The normalized spacial score (nSPS) is 20.1. The Morgan fingerprint density at radius 1 is 1.11 bits per heavy atom. The molecule has 0 unspecified atom stereocenters. The van der Waals surface area contributed by atoms with Gasteiger partial charge in [0.15, 0.2) is 0 Å². The van der Waals surface area contributed by atoms with Crippen LogP contribution >= 0.6 is 17.0 Å². The Hall–Kier alpha value is 1.10. The van der Waals surface area contributed by atoms with E-state index >= 15 is 0 Å². The van der Waals surface area contributed by atoms with Crippen molar-refractivity contribution in [2.45, 2.75) is 42.1 Å². The van der Waals surface area contributed by atoms with Gasteiger partial charge in [-0.3, -0.25) is 0 Å². The van der Waals surface area contributed by atoms with E-state index in [0.29, 0.717) is 0 Å². The second-order valence-corrected chi connectivity index (χ2v) is 7.05. The van der Waals surface area contributed by atoms with Crippen LogP contribution in [0.2, 0.25) is 10.0 Å². The average Bonchev–Trinajstić information content (AvgIpc) is 1.90. The summed E-state index contributed by atoms with van der Waals surface area (Å²) in [5, 5.41) is 0. The molecule has 0 amide bonds. The summed E-state index contributed by atoms with van der Waals surface area (Å²) in [6.07, 6.45) is 7.80. The summed E-state index contributed by atoms with van der Waals surface area (Å²) in [5.74, 6) is 0. The minimum absolute atomic E-state index is 0. The van der Waals surface area contributed by atoms with Crippen LogP contribution in [0.4, 0.5) is 0 Å². The molecular formula is C7H15BrZn. The Morgan fingerprint density at radius 3 is 2.00 bits per heavy atom. The summed E-state index contributed by atoms with van der Waals surface area (Å²) in [7, 11) is 0. The number of rotatable bonds is 1. The van der Waals surface area contributed by atoms with Crippen molar-refractivity contribution in [2.75, 3.05) is 0 Å². The first-order valence-corrected chi connectivity index (χ1v) is 8.61. The van der Waals surface area contributed by atoms with Crippen LogP contribution < -0.4 is 0 Å². The van der Waals surface area contributed by atoms with Gasteiger partial charge in [-0.05, 0) is 0 Å². The first-order chi connectivity index (χ1) is 3.93. The van der Waals surface area contributed by atoms with Crippen LogP contribution in [-0.4, -0.2) is 0 Å². The van der Waals surface area contributed by atoms with E-state index in [4.69, 9.17) is 0 Å². The zero-order valence-corrected chi connectivity index (χ0v) is 10.9. The molecule has 1 fully saturated rings. The van der Waals surface area contributed by atoms with Gasteiger partial charge in [0.2, 0.25) is 0 Å².